The molecule has 2 rings (SSSR count). The van der Waals surface area contributed by atoms with Crippen LogP contribution in [0.15, 0.2) is 48.8 Å². The standard InChI is InChI=1S/C15H15ClN2O/c1-2-14(12-4-3-5-13(16)10-12)18-15(19)11-6-8-17-9-7-11/h3-10,14H,2H2,1H3,(H,18,19)/t14-/m0/s1. The summed E-state index contributed by atoms with van der Waals surface area (Å²) < 4.78 is 0. The first-order valence-corrected chi connectivity index (χ1v) is 6.55. The first kappa shape index (κ1) is 13.6. The highest BCUT2D eigenvalue weighted by atomic mass is 35.5. The average Bonchev–Trinajstić information content (AvgIpc) is 2.45. The number of benzene rings is 1. The molecular formula is C15H15ClN2O. The van der Waals surface area contributed by atoms with Gasteiger partial charge in [0, 0.05) is 23.0 Å². The van der Waals surface area contributed by atoms with Crippen molar-refractivity contribution in [2.75, 3.05) is 0 Å². The number of carbonyl (C=O) groups excluding carboxylic acids is 1. The molecule has 0 saturated carbocycles. The van der Waals surface area contributed by atoms with Crippen molar-refractivity contribution in [1.82, 2.24) is 10.3 Å². The van der Waals surface area contributed by atoms with Gasteiger partial charge in [-0.15, -0.1) is 0 Å². The van der Waals surface area contributed by atoms with Crippen LogP contribution in [0, 0.1) is 0 Å². The van der Waals surface area contributed by atoms with Gasteiger partial charge in [0.05, 0.1) is 6.04 Å². The van der Waals surface area contributed by atoms with Gasteiger partial charge in [-0.2, -0.15) is 0 Å². The van der Waals surface area contributed by atoms with Crippen molar-refractivity contribution in [2.45, 2.75) is 19.4 Å². The summed E-state index contributed by atoms with van der Waals surface area (Å²) in [4.78, 5) is 16.0. The van der Waals surface area contributed by atoms with E-state index in [2.05, 4.69) is 10.3 Å². The molecule has 0 spiro atoms. The second-order valence-corrected chi connectivity index (χ2v) is 4.66. The molecule has 0 fully saturated rings. The lowest BCUT2D eigenvalue weighted by Crippen LogP contribution is -2.28. The lowest BCUT2D eigenvalue weighted by Gasteiger charge is -2.17. The molecule has 19 heavy (non-hydrogen) atoms. The molecule has 3 nitrogen and oxygen atoms in total. The highest BCUT2D eigenvalue weighted by Crippen LogP contribution is 2.20. The molecule has 1 amide bonds. The van der Waals surface area contributed by atoms with E-state index < -0.39 is 0 Å². The number of rotatable bonds is 4. The minimum atomic E-state index is -0.103. The summed E-state index contributed by atoms with van der Waals surface area (Å²) in [6.45, 7) is 2.03. The van der Waals surface area contributed by atoms with Gasteiger partial charge in [0.25, 0.3) is 5.91 Å². The Morgan fingerprint density at radius 1 is 1.32 bits per heavy atom. The molecule has 1 atom stereocenters. The van der Waals surface area contributed by atoms with Crippen LogP contribution in [-0.4, -0.2) is 10.9 Å². The van der Waals surface area contributed by atoms with Gasteiger partial charge in [-0.1, -0.05) is 30.7 Å². The van der Waals surface area contributed by atoms with Crippen LogP contribution in [-0.2, 0) is 0 Å². The topological polar surface area (TPSA) is 42.0 Å². The molecule has 0 aliphatic rings. The lowest BCUT2D eigenvalue weighted by atomic mass is 10.0. The Kier molecular flexibility index (Phi) is 4.53. The molecule has 0 unspecified atom stereocenters. The van der Waals surface area contributed by atoms with E-state index in [4.69, 9.17) is 11.6 Å². The third kappa shape index (κ3) is 3.55. The number of aromatic nitrogens is 1. The summed E-state index contributed by atoms with van der Waals surface area (Å²) in [5.74, 6) is -0.103. The summed E-state index contributed by atoms with van der Waals surface area (Å²) in [7, 11) is 0. The molecule has 0 aliphatic heterocycles. The van der Waals surface area contributed by atoms with E-state index in [-0.39, 0.29) is 11.9 Å². The molecule has 1 heterocycles. The molecule has 0 radical (unpaired) electrons. The largest absolute Gasteiger partial charge is 0.345 e. The van der Waals surface area contributed by atoms with Gasteiger partial charge in [-0.05, 0) is 36.2 Å². The van der Waals surface area contributed by atoms with Crippen LogP contribution in [0.25, 0.3) is 0 Å². The van der Waals surface area contributed by atoms with Crippen molar-refractivity contribution < 1.29 is 4.79 Å². The second kappa shape index (κ2) is 6.34. The van der Waals surface area contributed by atoms with E-state index >= 15 is 0 Å². The summed E-state index contributed by atoms with van der Waals surface area (Å²) in [6, 6.07) is 10.9. The van der Waals surface area contributed by atoms with E-state index in [0.29, 0.717) is 10.6 Å². The van der Waals surface area contributed by atoms with Gasteiger partial charge in [-0.25, -0.2) is 0 Å². The lowest BCUT2D eigenvalue weighted by molar-refractivity contribution is 0.0935. The Bertz CT molecular complexity index is 557. The van der Waals surface area contributed by atoms with E-state index in [1.165, 1.54) is 0 Å². The zero-order valence-electron chi connectivity index (χ0n) is 10.6. The number of hydrogen-bond donors (Lipinski definition) is 1. The fraction of sp³-hybridized carbons (Fsp3) is 0.200. The fourth-order valence-corrected chi connectivity index (χ4v) is 2.09. The molecule has 98 valence electrons. The third-order valence-corrected chi connectivity index (χ3v) is 3.14. The van der Waals surface area contributed by atoms with Gasteiger partial charge < -0.3 is 5.32 Å². The number of pyridine rings is 1. The predicted molar refractivity (Wildman–Crippen MR) is 76.2 cm³/mol. The second-order valence-electron chi connectivity index (χ2n) is 4.23. The van der Waals surface area contributed by atoms with Gasteiger partial charge in [0.15, 0.2) is 0 Å². The van der Waals surface area contributed by atoms with Crippen molar-refractivity contribution in [3.63, 3.8) is 0 Å². The van der Waals surface area contributed by atoms with Crippen molar-refractivity contribution >= 4 is 17.5 Å². The van der Waals surface area contributed by atoms with Crippen LogP contribution in [0.1, 0.15) is 35.3 Å². The Labute approximate surface area is 117 Å². The molecule has 1 aromatic carbocycles. The minimum absolute atomic E-state index is 0.0423. The maximum absolute atomic E-state index is 12.1. The minimum Gasteiger partial charge on any atom is -0.345 e. The Hall–Kier alpha value is -1.87. The van der Waals surface area contributed by atoms with Gasteiger partial charge >= 0.3 is 0 Å². The van der Waals surface area contributed by atoms with Gasteiger partial charge in [0.1, 0.15) is 0 Å². The van der Waals surface area contributed by atoms with Crippen molar-refractivity contribution in [1.29, 1.82) is 0 Å². The van der Waals surface area contributed by atoms with E-state index in [1.54, 1.807) is 24.5 Å². The Balaban J connectivity index is 2.14. The Morgan fingerprint density at radius 3 is 2.68 bits per heavy atom. The van der Waals surface area contributed by atoms with Gasteiger partial charge in [-0.3, -0.25) is 9.78 Å². The van der Waals surface area contributed by atoms with Crippen LogP contribution in [0.2, 0.25) is 5.02 Å². The van der Waals surface area contributed by atoms with Crippen LogP contribution in [0.4, 0.5) is 0 Å². The zero-order valence-corrected chi connectivity index (χ0v) is 11.4. The molecule has 1 N–H and O–H groups in total. The highest BCUT2D eigenvalue weighted by Gasteiger charge is 2.14. The Morgan fingerprint density at radius 2 is 2.05 bits per heavy atom. The monoisotopic (exact) mass is 274 g/mol. The van der Waals surface area contributed by atoms with Crippen molar-refractivity contribution in [3.05, 3.63) is 64.9 Å². The van der Waals surface area contributed by atoms with E-state index in [0.717, 1.165) is 12.0 Å². The number of halogens is 1. The molecule has 0 saturated heterocycles. The summed E-state index contributed by atoms with van der Waals surface area (Å²) in [5.41, 5.74) is 1.62. The van der Waals surface area contributed by atoms with E-state index in [9.17, 15) is 4.79 Å². The fourth-order valence-electron chi connectivity index (χ4n) is 1.89. The third-order valence-electron chi connectivity index (χ3n) is 2.91. The number of nitrogens with one attached hydrogen (secondary N) is 1. The number of carbonyl (C=O) groups is 1. The number of nitrogens with zero attached hydrogens (tertiary/aromatic N) is 1. The maximum Gasteiger partial charge on any atom is 0.251 e. The smallest absolute Gasteiger partial charge is 0.251 e. The summed E-state index contributed by atoms with van der Waals surface area (Å²) in [6.07, 6.45) is 4.02. The first-order chi connectivity index (χ1) is 9.20. The zero-order chi connectivity index (χ0) is 13.7. The number of hydrogen-bond acceptors (Lipinski definition) is 2. The molecule has 0 bridgehead atoms. The summed E-state index contributed by atoms with van der Waals surface area (Å²) in [5, 5.41) is 3.68. The number of amides is 1. The van der Waals surface area contributed by atoms with Crippen LogP contribution in [0.3, 0.4) is 0 Å². The maximum atomic E-state index is 12.1. The summed E-state index contributed by atoms with van der Waals surface area (Å²) >= 11 is 5.98. The van der Waals surface area contributed by atoms with Crippen LogP contribution < -0.4 is 5.32 Å². The van der Waals surface area contributed by atoms with Gasteiger partial charge in [0.2, 0.25) is 0 Å². The molecule has 0 aliphatic carbocycles. The van der Waals surface area contributed by atoms with Crippen molar-refractivity contribution in [2.24, 2.45) is 0 Å². The molecule has 1 aromatic heterocycles. The first-order valence-electron chi connectivity index (χ1n) is 6.17. The normalized spacial score (nSPS) is 11.9. The van der Waals surface area contributed by atoms with E-state index in [1.807, 2.05) is 31.2 Å². The van der Waals surface area contributed by atoms with Crippen LogP contribution >= 0.6 is 11.6 Å². The molecule has 4 heteroatoms. The molecule has 2 aromatic rings. The quantitative estimate of drug-likeness (QED) is 0.925. The average molecular weight is 275 g/mol. The molecular weight excluding hydrogens is 260 g/mol. The predicted octanol–water partition coefficient (Wildman–Crippen LogP) is 3.62. The van der Waals surface area contributed by atoms with Crippen LogP contribution in [0.5, 0.6) is 0 Å². The SMILES string of the molecule is CC[C@H](NC(=O)c1ccncc1)c1cccc(Cl)c1. The highest BCUT2D eigenvalue weighted by molar-refractivity contribution is 6.30. The van der Waals surface area contributed by atoms with Crippen molar-refractivity contribution in [3.8, 4) is 0 Å².